The summed E-state index contributed by atoms with van der Waals surface area (Å²) >= 11 is 5.95. The van der Waals surface area contributed by atoms with Crippen LogP contribution in [0, 0.1) is 0 Å². The van der Waals surface area contributed by atoms with E-state index in [1.807, 2.05) is 10.6 Å². The predicted octanol–water partition coefficient (Wildman–Crippen LogP) is 1.59. The van der Waals surface area contributed by atoms with Gasteiger partial charge in [-0.15, -0.1) is 0 Å². The van der Waals surface area contributed by atoms with E-state index in [1.54, 1.807) is 12.4 Å². The molecule has 14 heavy (non-hydrogen) atoms. The summed E-state index contributed by atoms with van der Waals surface area (Å²) in [7, 11) is 0. The molecule has 1 saturated heterocycles. The van der Waals surface area contributed by atoms with Crippen LogP contribution in [0.15, 0.2) is 18.6 Å². The average Bonchev–Trinajstić information content (AvgIpc) is 2.48. The first-order valence-corrected chi connectivity index (χ1v) is 4.96. The molecule has 1 aliphatic heterocycles. The van der Waals surface area contributed by atoms with Crippen molar-refractivity contribution >= 4 is 23.1 Å². The van der Waals surface area contributed by atoms with Crippen LogP contribution in [0.25, 0.3) is 5.52 Å². The second kappa shape index (κ2) is 2.85. The van der Waals surface area contributed by atoms with Crippen LogP contribution in [-0.2, 0) is 0 Å². The average molecular weight is 209 g/mol. The Morgan fingerprint density at radius 1 is 1.29 bits per heavy atom. The molecule has 3 heterocycles. The molecule has 2 aromatic heterocycles. The predicted molar refractivity (Wildman–Crippen MR) is 54.8 cm³/mol. The topological polar surface area (TPSA) is 33.4 Å². The highest BCUT2D eigenvalue weighted by Gasteiger charge is 2.19. The van der Waals surface area contributed by atoms with Crippen molar-refractivity contribution in [2.45, 2.75) is 6.42 Å². The van der Waals surface area contributed by atoms with Crippen molar-refractivity contribution in [2.24, 2.45) is 0 Å². The summed E-state index contributed by atoms with van der Waals surface area (Å²) in [5, 5.41) is 0.506. The van der Waals surface area contributed by atoms with E-state index in [4.69, 9.17) is 11.6 Å². The summed E-state index contributed by atoms with van der Waals surface area (Å²) < 4.78 is 1.98. The van der Waals surface area contributed by atoms with Crippen molar-refractivity contribution < 1.29 is 0 Å². The van der Waals surface area contributed by atoms with Gasteiger partial charge in [0.25, 0.3) is 0 Å². The molecule has 0 atom stereocenters. The van der Waals surface area contributed by atoms with Gasteiger partial charge in [0.05, 0.1) is 6.20 Å². The van der Waals surface area contributed by atoms with Crippen LogP contribution in [0.4, 0.5) is 5.95 Å². The maximum atomic E-state index is 5.95. The van der Waals surface area contributed by atoms with Gasteiger partial charge in [-0.2, -0.15) is 0 Å². The highest BCUT2D eigenvalue weighted by molar-refractivity contribution is 6.32. The molecule has 0 aliphatic carbocycles. The smallest absolute Gasteiger partial charge is 0.210 e. The maximum Gasteiger partial charge on any atom is 0.210 e. The van der Waals surface area contributed by atoms with Crippen molar-refractivity contribution in [3.8, 4) is 0 Å². The number of rotatable bonds is 1. The summed E-state index contributed by atoms with van der Waals surface area (Å²) in [6.07, 6.45) is 6.60. The molecule has 72 valence electrons. The number of fused-ring (bicyclic) bond motifs is 1. The summed E-state index contributed by atoms with van der Waals surface area (Å²) in [4.78, 5) is 10.6. The third kappa shape index (κ3) is 1.00. The van der Waals surface area contributed by atoms with E-state index in [-0.39, 0.29) is 0 Å². The highest BCUT2D eigenvalue weighted by atomic mass is 35.5. The van der Waals surface area contributed by atoms with Gasteiger partial charge in [-0.25, -0.2) is 9.97 Å². The Balaban J connectivity index is 2.20. The third-order valence-corrected chi connectivity index (χ3v) is 2.82. The second-order valence-electron chi connectivity index (χ2n) is 3.37. The number of halogens is 1. The van der Waals surface area contributed by atoms with Crippen LogP contribution >= 0.6 is 11.6 Å². The first kappa shape index (κ1) is 8.05. The van der Waals surface area contributed by atoms with Gasteiger partial charge in [-0.3, -0.25) is 4.40 Å². The Morgan fingerprint density at radius 2 is 2.14 bits per heavy atom. The number of anilines is 1. The molecule has 0 saturated carbocycles. The molecule has 0 amide bonds. The molecule has 1 fully saturated rings. The Hall–Kier alpha value is -1.29. The van der Waals surface area contributed by atoms with E-state index in [0.29, 0.717) is 5.15 Å². The molecular formula is C9H9ClN4. The molecule has 4 nitrogen and oxygen atoms in total. The molecule has 0 spiro atoms. The SMILES string of the molecule is Clc1nccn2c(N3CCC3)ncc12. The first-order valence-electron chi connectivity index (χ1n) is 4.59. The normalized spacial score (nSPS) is 15.9. The van der Waals surface area contributed by atoms with Gasteiger partial charge in [0.15, 0.2) is 5.15 Å². The van der Waals surface area contributed by atoms with Gasteiger partial charge in [0, 0.05) is 25.5 Å². The molecule has 1 aliphatic rings. The zero-order valence-electron chi connectivity index (χ0n) is 7.52. The van der Waals surface area contributed by atoms with Gasteiger partial charge >= 0.3 is 0 Å². The minimum absolute atomic E-state index is 0.506. The van der Waals surface area contributed by atoms with Gasteiger partial charge < -0.3 is 4.90 Å². The van der Waals surface area contributed by atoms with Crippen LogP contribution in [0.5, 0.6) is 0 Å². The molecule has 3 rings (SSSR count). The minimum atomic E-state index is 0.506. The molecule has 0 N–H and O–H groups in total. The van der Waals surface area contributed by atoms with E-state index in [1.165, 1.54) is 6.42 Å². The number of hydrogen-bond donors (Lipinski definition) is 0. The molecule has 2 aromatic rings. The monoisotopic (exact) mass is 208 g/mol. The maximum absolute atomic E-state index is 5.95. The third-order valence-electron chi connectivity index (χ3n) is 2.53. The lowest BCUT2D eigenvalue weighted by Gasteiger charge is -2.31. The molecule has 0 bridgehead atoms. The second-order valence-corrected chi connectivity index (χ2v) is 3.73. The van der Waals surface area contributed by atoms with Crippen molar-refractivity contribution in [1.82, 2.24) is 14.4 Å². The van der Waals surface area contributed by atoms with Crippen LogP contribution in [-0.4, -0.2) is 27.5 Å². The standard InChI is InChI=1S/C9H9ClN4/c10-8-7-6-12-9(13-3-1-4-13)14(7)5-2-11-8/h2,5-6H,1,3-4H2. The van der Waals surface area contributed by atoms with Gasteiger partial charge in [0.2, 0.25) is 5.95 Å². The van der Waals surface area contributed by atoms with Crippen LogP contribution in [0.2, 0.25) is 5.15 Å². The van der Waals surface area contributed by atoms with Crippen LogP contribution in [0.3, 0.4) is 0 Å². The van der Waals surface area contributed by atoms with E-state index >= 15 is 0 Å². The van der Waals surface area contributed by atoms with Crippen molar-refractivity contribution in [1.29, 1.82) is 0 Å². The lowest BCUT2D eigenvalue weighted by molar-refractivity contribution is 0.599. The molecule has 0 aromatic carbocycles. The largest absolute Gasteiger partial charge is 0.342 e. The van der Waals surface area contributed by atoms with E-state index in [9.17, 15) is 0 Å². The van der Waals surface area contributed by atoms with E-state index in [0.717, 1.165) is 24.6 Å². The molecule has 5 heteroatoms. The number of hydrogen-bond acceptors (Lipinski definition) is 3. The lowest BCUT2D eigenvalue weighted by atomic mass is 10.2. The van der Waals surface area contributed by atoms with Crippen LogP contribution in [0.1, 0.15) is 6.42 Å². The summed E-state index contributed by atoms with van der Waals surface area (Å²) in [5.41, 5.74) is 0.871. The summed E-state index contributed by atoms with van der Waals surface area (Å²) in [6.45, 7) is 2.16. The van der Waals surface area contributed by atoms with Gasteiger partial charge in [-0.05, 0) is 6.42 Å². The highest BCUT2D eigenvalue weighted by Crippen LogP contribution is 2.23. The summed E-state index contributed by atoms with van der Waals surface area (Å²) in [6, 6.07) is 0. The summed E-state index contributed by atoms with van der Waals surface area (Å²) in [5.74, 6) is 0.968. The minimum Gasteiger partial charge on any atom is -0.342 e. The molecular weight excluding hydrogens is 200 g/mol. The molecule has 0 unspecified atom stereocenters. The number of nitrogens with zero attached hydrogens (tertiary/aromatic N) is 4. The van der Waals surface area contributed by atoms with E-state index in [2.05, 4.69) is 14.9 Å². The number of aromatic nitrogens is 3. The quantitative estimate of drug-likeness (QED) is 0.714. The van der Waals surface area contributed by atoms with Gasteiger partial charge in [-0.1, -0.05) is 11.6 Å². The Morgan fingerprint density at radius 3 is 2.86 bits per heavy atom. The van der Waals surface area contributed by atoms with Crippen molar-refractivity contribution in [2.75, 3.05) is 18.0 Å². The zero-order valence-corrected chi connectivity index (χ0v) is 8.28. The fourth-order valence-electron chi connectivity index (χ4n) is 1.63. The Kier molecular flexibility index (Phi) is 1.64. The van der Waals surface area contributed by atoms with Crippen molar-refractivity contribution in [3.63, 3.8) is 0 Å². The Bertz CT molecular complexity index is 475. The fourth-order valence-corrected chi connectivity index (χ4v) is 1.83. The van der Waals surface area contributed by atoms with Crippen molar-refractivity contribution in [3.05, 3.63) is 23.7 Å². The first-order chi connectivity index (χ1) is 6.86. The zero-order chi connectivity index (χ0) is 9.54. The number of imidazole rings is 1. The van der Waals surface area contributed by atoms with E-state index < -0.39 is 0 Å². The fraction of sp³-hybridized carbons (Fsp3) is 0.333. The van der Waals surface area contributed by atoms with Gasteiger partial charge in [0.1, 0.15) is 5.52 Å². The molecule has 0 radical (unpaired) electrons. The lowest BCUT2D eigenvalue weighted by Crippen LogP contribution is -2.38. The van der Waals surface area contributed by atoms with Crippen LogP contribution < -0.4 is 4.90 Å². The Labute approximate surface area is 86.1 Å².